The molecule has 0 radical (unpaired) electrons. The molecule has 0 spiro atoms. The number of hydrogen-bond donors (Lipinski definition) is 1. The van der Waals surface area contributed by atoms with Gasteiger partial charge in [0.2, 0.25) is 0 Å². The van der Waals surface area contributed by atoms with Gasteiger partial charge in [0, 0.05) is 6.04 Å². The van der Waals surface area contributed by atoms with Gasteiger partial charge in [-0.3, -0.25) is 0 Å². The molecule has 0 aromatic heterocycles. The first kappa shape index (κ1) is 11.8. The van der Waals surface area contributed by atoms with E-state index < -0.39 is 0 Å². The standard InChI is InChI=1S/C13H25N/c1-13(2,3)12(14)11-9-7-5-4-6-8-10-11/h9,12H,4-8,10,14H2,1-3H3. The first-order chi connectivity index (χ1) is 6.52. The van der Waals surface area contributed by atoms with Crippen LogP contribution in [0.2, 0.25) is 0 Å². The van der Waals surface area contributed by atoms with Crippen LogP contribution in [0.25, 0.3) is 0 Å². The van der Waals surface area contributed by atoms with Crippen molar-refractivity contribution in [3.63, 3.8) is 0 Å². The van der Waals surface area contributed by atoms with Gasteiger partial charge in [-0.05, 0) is 31.1 Å². The molecule has 0 amide bonds. The van der Waals surface area contributed by atoms with Crippen LogP contribution in [0.1, 0.15) is 59.3 Å². The lowest BCUT2D eigenvalue weighted by Gasteiger charge is -2.30. The summed E-state index contributed by atoms with van der Waals surface area (Å²) < 4.78 is 0. The first-order valence-corrected chi connectivity index (χ1v) is 5.96. The van der Waals surface area contributed by atoms with Crippen molar-refractivity contribution in [2.75, 3.05) is 0 Å². The van der Waals surface area contributed by atoms with Gasteiger partial charge in [-0.2, -0.15) is 0 Å². The minimum absolute atomic E-state index is 0.213. The summed E-state index contributed by atoms with van der Waals surface area (Å²) in [6.07, 6.45) is 10.3. The third-order valence-electron chi connectivity index (χ3n) is 3.16. The van der Waals surface area contributed by atoms with E-state index in [0.29, 0.717) is 0 Å². The number of hydrogen-bond acceptors (Lipinski definition) is 1. The fourth-order valence-corrected chi connectivity index (χ4v) is 2.06. The van der Waals surface area contributed by atoms with Crippen molar-refractivity contribution in [2.24, 2.45) is 11.1 Å². The zero-order chi connectivity index (χ0) is 10.6. The van der Waals surface area contributed by atoms with Crippen LogP contribution in [0, 0.1) is 5.41 Å². The summed E-state index contributed by atoms with van der Waals surface area (Å²) >= 11 is 0. The second-order valence-corrected chi connectivity index (χ2v) is 5.58. The van der Waals surface area contributed by atoms with Gasteiger partial charge in [0.15, 0.2) is 0 Å². The summed E-state index contributed by atoms with van der Waals surface area (Å²) in [7, 11) is 0. The molecule has 0 aliphatic heterocycles. The molecule has 0 heterocycles. The molecule has 0 saturated carbocycles. The predicted octanol–water partition coefficient (Wildman–Crippen LogP) is 3.64. The fraction of sp³-hybridized carbons (Fsp3) is 0.846. The van der Waals surface area contributed by atoms with E-state index in [-0.39, 0.29) is 11.5 Å². The van der Waals surface area contributed by atoms with Gasteiger partial charge in [-0.25, -0.2) is 0 Å². The predicted molar refractivity (Wildman–Crippen MR) is 63.2 cm³/mol. The zero-order valence-corrected chi connectivity index (χ0v) is 9.97. The summed E-state index contributed by atoms with van der Waals surface area (Å²) in [5, 5.41) is 0. The van der Waals surface area contributed by atoms with Crippen LogP contribution in [-0.4, -0.2) is 6.04 Å². The van der Waals surface area contributed by atoms with Crippen molar-refractivity contribution in [3.05, 3.63) is 11.6 Å². The lowest BCUT2D eigenvalue weighted by molar-refractivity contribution is 0.344. The zero-order valence-electron chi connectivity index (χ0n) is 9.97. The van der Waals surface area contributed by atoms with Crippen LogP contribution in [-0.2, 0) is 0 Å². The Hall–Kier alpha value is -0.300. The average Bonchev–Trinajstić information content (AvgIpc) is 2.00. The van der Waals surface area contributed by atoms with Gasteiger partial charge in [-0.1, -0.05) is 45.3 Å². The summed E-state index contributed by atoms with van der Waals surface area (Å²) in [4.78, 5) is 0. The second-order valence-electron chi connectivity index (χ2n) is 5.58. The Labute approximate surface area is 88.8 Å². The second kappa shape index (κ2) is 4.97. The number of nitrogens with two attached hydrogens (primary N) is 1. The maximum Gasteiger partial charge on any atom is 0.0302 e. The van der Waals surface area contributed by atoms with Gasteiger partial charge in [0.25, 0.3) is 0 Å². The summed E-state index contributed by atoms with van der Waals surface area (Å²) in [6, 6.07) is 0.251. The van der Waals surface area contributed by atoms with Gasteiger partial charge in [0.1, 0.15) is 0 Å². The Balaban J connectivity index is 2.63. The van der Waals surface area contributed by atoms with E-state index in [4.69, 9.17) is 5.73 Å². The van der Waals surface area contributed by atoms with Gasteiger partial charge in [-0.15, -0.1) is 0 Å². The largest absolute Gasteiger partial charge is 0.324 e. The molecule has 0 aromatic carbocycles. The number of allylic oxidation sites excluding steroid dienone is 1. The van der Waals surface area contributed by atoms with Crippen LogP contribution in [0.4, 0.5) is 0 Å². The average molecular weight is 195 g/mol. The minimum atomic E-state index is 0.213. The fourth-order valence-electron chi connectivity index (χ4n) is 2.06. The molecule has 2 N–H and O–H groups in total. The molecular formula is C13H25N. The Kier molecular flexibility index (Phi) is 4.18. The van der Waals surface area contributed by atoms with E-state index in [2.05, 4.69) is 26.8 Å². The van der Waals surface area contributed by atoms with Crippen LogP contribution >= 0.6 is 0 Å². The van der Waals surface area contributed by atoms with Crippen molar-refractivity contribution in [1.82, 2.24) is 0 Å². The number of rotatable bonds is 1. The van der Waals surface area contributed by atoms with E-state index in [1.165, 1.54) is 44.1 Å². The molecule has 0 saturated heterocycles. The van der Waals surface area contributed by atoms with E-state index in [1.54, 1.807) is 0 Å². The van der Waals surface area contributed by atoms with E-state index in [0.717, 1.165) is 0 Å². The normalized spacial score (nSPS) is 22.1. The molecule has 1 unspecified atom stereocenters. The Morgan fingerprint density at radius 1 is 1.14 bits per heavy atom. The molecule has 14 heavy (non-hydrogen) atoms. The minimum Gasteiger partial charge on any atom is -0.324 e. The van der Waals surface area contributed by atoms with E-state index >= 15 is 0 Å². The Morgan fingerprint density at radius 2 is 1.79 bits per heavy atom. The third kappa shape index (κ3) is 3.45. The highest BCUT2D eigenvalue weighted by Gasteiger charge is 2.23. The summed E-state index contributed by atoms with van der Waals surface area (Å²) in [5.41, 5.74) is 7.99. The topological polar surface area (TPSA) is 26.0 Å². The smallest absolute Gasteiger partial charge is 0.0302 e. The van der Waals surface area contributed by atoms with Crippen molar-refractivity contribution in [3.8, 4) is 0 Å². The molecule has 1 rings (SSSR count). The first-order valence-electron chi connectivity index (χ1n) is 5.96. The van der Waals surface area contributed by atoms with Crippen molar-refractivity contribution in [1.29, 1.82) is 0 Å². The lowest BCUT2D eigenvalue weighted by atomic mass is 9.80. The molecule has 0 aromatic rings. The van der Waals surface area contributed by atoms with E-state index in [9.17, 15) is 0 Å². The highest BCUT2D eigenvalue weighted by molar-refractivity contribution is 5.14. The van der Waals surface area contributed by atoms with E-state index in [1.807, 2.05) is 0 Å². The Bertz CT molecular complexity index is 198. The maximum absolute atomic E-state index is 6.28. The molecule has 0 fully saturated rings. The van der Waals surface area contributed by atoms with Gasteiger partial charge in [0.05, 0.1) is 0 Å². The molecule has 82 valence electrons. The summed E-state index contributed by atoms with van der Waals surface area (Å²) in [6.45, 7) is 6.70. The molecule has 1 nitrogen and oxygen atoms in total. The third-order valence-corrected chi connectivity index (χ3v) is 3.16. The SMILES string of the molecule is CC(C)(C)C(N)C1=CCCCCCC1. The van der Waals surface area contributed by atoms with Crippen molar-refractivity contribution in [2.45, 2.75) is 65.3 Å². The summed E-state index contributed by atoms with van der Waals surface area (Å²) in [5.74, 6) is 0. The molecule has 0 bridgehead atoms. The molecule has 1 aliphatic carbocycles. The van der Waals surface area contributed by atoms with Gasteiger partial charge < -0.3 is 5.73 Å². The van der Waals surface area contributed by atoms with Crippen LogP contribution in [0.5, 0.6) is 0 Å². The van der Waals surface area contributed by atoms with Crippen molar-refractivity contribution < 1.29 is 0 Å². The molecule has 1 atom stereocenters. The van der Waals surface area contributed by atoms with Crippen molar-refractivity contribution >= 4 is 0 Å². The van der Waals surface area contributed by atoms with Crippen LogP contribution in [0.15, 0.2) is 11.6 Å². The monoisotopic (exact) mass is 195 g/mol. The van der Waals surface area contributed by atoms with Crippen LogP contribution < -0.4 is 5.73 Å². The quantitative estimate of drug-likeness (QED) is 0.635. The molecular weight excluding hydrogens is 170 g/mol. The highest BCUT2D eigenvalue weighted by Crippen LogP contribution is 2.28. The molecule has 1 heteroatoms. The Morgan fingerprint density at radius 3 is 2.43 bits per heavy atom. The van der Waals surface area contributed by atoms with Crippen LogP contribution in [0.3, 0.4) is 0 Å². The molecule has 1 aliphatic rings. The maximum atomic E-state index is 6.28. The lowest BCUT2D eigenvalue weighted by Crippen LogP contribution is -2.37. The highest BCUT2D eigenvalue weighted by atomic mass is 14.7. The van der Waals surface area contributed by atoms with Gasteiger partial charge >= 0.3 is 0 Å².